The van der Waals surface area contributed by atoms with E-state index in [0.717, 1.165) is 55.9 Å². The van der Waals surface area contributed by atoms with E-state index in [9.17, 15) is 0 Å². The molecule has 4 nitrogen and oxygen atoms in total. The fourth-order valence-corrected chi connectivity index (χ4v) is 25.0. The molecule has 0 N–H and O–H groups in total. The van der Waals surface area contributed by atoms with E-state index in [4.69, 9.17) is 0 Å². The maximum Gasteiger partial charge on any atom is 0.0970 e. The molecule has 0 fully saturated rings. The normalized spacial score (nSPS) is 13.6. The van der Waals surface area contributed by atoms with Crippen molar-refractivity contribution in [2.45, 2.75) is 103 Å². The Morgan fingerprint density at radius 2 is 0.433 bits per heavy atom. The van der Waals surface area contributed by atoms with Gasteiger partial charge in [0, 0.05) is 79.0 Å². The molecule has 0 saturated carbocycles. The molecule has 4 aliphatic rings. The van der Waals surface area contributed by atoms with E-state index in [0.29, 0.717) is 0 Å². The van der Waals surface area contributed by atoms with Crippen LogP contribution in [0.15, 0.2) is 492 Å². The highest BCUT2D eigenvalue weighted by Crippen LogP contribution is 2.58. The highest BCUT2D eigenvalue weighted by Gasteiger charge is 2.41. The molecule has 2 aromatic heterocycles. The van der Waals surface area contributed by atoms with Crippen LogP contribution < -0.4 is 9.80 Å². The molecule has 28 rings (SSSR count). The first-order valence-corrected chi connectivity index (χ1v) is 52.8. The van der Waals surface area contributed by atoms with Crippen molar-refractivity contribution in [1.82, 2.24) is 9.97 Å². The van der Waals surface area contributed by atoms with Crippen LogP contribution in [0.4, 0.5) is 34.1 Å². The van der Waals surface area contributed by atoms with E-state index < -0.39 is 0 Å². The highest BCUT2D eigenvalue weighted by molar-refractivity contribution is 6.26. The fraction of sp³-hybridized carbons (Fsp3) is 0.110. The Morgan fingerprint density at radius 3 is 0.833 bits per heavy atom. The first-order chi connectivity index (χ1) is 73.0. The van der Waals surface area contributed by atoms with Gasteiger partial charge in [-0.05, 0) is 324 Å². The van der Waals surface area contributed by atoms with Gasteiger partial charge >= 0.3 is 0 Å². The summed E-state index contributed by atoms with van der Waals surface area (Å²) >= 11 is 0. The molecule has 24 aromatic rings. The van der Waals surface area contributed by atoms with Crippen LogP contribution in [0.2, 0.25) is 0 Å². The topological polar surface area (TPSA) is 32.3 Å². The summed E-state index contributed by atoms with van der Waals surface area (Å²) in [6.45, 7) is 25.8. The third-order valence-corrected chi connectivity index (χ3v) is 33.0. The van der Waals surface area contributed by atoms with Gasteiger partial charge in [-0.1, -0.05) is 452 Å². The minimum atomic E-state index is -0.113. The molecule has 0 bridgehead atoms. The predicted octanol–water partition coefficient (Wildman–Crippen LogP) is 39.9. The van der Waals surface area contributed by atoms with Gasteiger partial charge < -0.3 is 9.80 Å². The minimum Gasteiger partial charge on any atom is -0.310 e. The number of hydrogen-bond donors (Lipinski definition) is 0. The van der Waals surface area contributed by atoms with Crippen molar-refractivity contribution in [2.75, 3.05) is 9.80 Å². The number of aromatic nitrogens is 2. The van der Waals surface area contributed by atoms with Crippen LogP contribution in [0.1, 0.15) is 126 Å². The second kappa shape index (κ2) is 36.2. The summed E-state index contributed by atoms with van der Waals surface area (Å²) in [7, 11) is 0. The standard InChI is InChI=1S/C66H52N2.C56H46.C24H16N2/c1-65(2)61-27-13-11-25-57(61)59-39-37-55(43-63(59)65)67(51-19-7-5-8-20-51)53-23-15-17-49(41-53)47-33-29-45(30-34-47)46-31-35-48(36-32-46)50-18-16-24-54(42-50)68(52-21-9-6-10-22-52)56-38-40-60-58-26-12-14-28-62(58)66(3,4)64(60)44-56;1-54(2,3)41-28-39-17-16-35-18-23-42(47-27-22-40(29-41)52(39)53(35)47)34-14-12-33(13-15-34)36-19-24-45-46-26-21-38(32-51(46)56(6,7)50(45)30-36)37-20-25-44-43-10-8-9-11-48(43)55(4,5)49(44)31-37;1-3-7-17(8-4-1)19-13-15-25-23-21(19)11-12-22-20(14-16-26-24(22)23)18-9-5-2-6-10-18/h5-44H,1-4H3;8-32H,1-7H3;1-16H. The van der Waals surface area contributed by atoms with Gasteiger partial charge in [0.25, 0.3) is 0 Å². The summed E-state index contributed by atoms with van der Waals surface area (Å²) in [5.74, 6) is 0. The van der Waals surface area contributed by atoms with Gasteiger partial charge in [0.15, 0.2) is 0 Å². The lowest BCUT2D eigenvalue weighted by molar-refractivity contribution is 0.591. The van der Waals surface area contributed by atoms with Crippen LogP contribution >= 0.6 is 0 Å². The van der Waals surface area contributed by atoms with Gasteiger partial charge in [-0.15, -0.1) is 0 Å². The van der Waals surface area contributed by atoms with E-state index >= 15 is 0 Å². The summed E-state index contributed by atoms with van der Waals surface area (Å²) in [6.07, 6.45) is 3.75. The van der Waals surface area contributed by atoms with Crippen LogP contribution in [-0.4, -0.2) is 9.97 Å². The fourth-order valence-electron chi connectivity index (χ4n) is 25.0. The molecule has 4 heteroatoms. The summed E-state index contributed by atoms with van der Waals surface area (Å²) in [5.41, 5.74) is 51.3. The van der Waals surface area contributed by atoms with Crippen molar-refractivity contribution < 1.29 is 0 Å². The third kappa shape index (κ3) is 15.7. The molecule has 2 heterocycles. The van der Waals surface area contributed by atoms with Crippen LogP contribution in [0.5, 0.6) is 0 Å². The van der Waals surface area contributed by atoms with Crippen LogP contribution in [0, 0.1) is 0 Å². The second-order valence-electron chi connectivity index (χ2n) is 44.3. The summed E-state index contributed by atoms with van der Waals surface area (Å²) in [4.78, 5) is 14.1. The van der Waals surface area contributed by atoms with Gasteiger partial charge in [-0.2, -0.15) is 0 Å². The maximum atomic E-state index is 4.67. The molecule has 0 atom stereocenters. The SMILES string of the molecule is CC(C)(C)c1cc2ccc3ccc(-c4ccc(-c5ccc6c(c5)C(C)(C)c5cc(-c7ccc8c(c7)C(C)(C)c7ccccc7-8)ccc5-6)cc4)c4ccc(c1)c2c34.CC1(C)c2ccccc2-c2ccc(N(c3ccccc3)c3cccc(-c4ccc(-c5ccc(-c6cccc(N(c7ccccc7)c7ccc8c(c7)C(C)(C)c7ccccc7-8)c6)cc5)cc4)c3)cc21.c1ccc(-c2ccnc3c2ccc2c(-c4ccccc4)ccnc23)cc1. The van der Waals surface area contributed by atoms with Gasteiger partial charge in [-0.25, -0.2) is 0 Å². The zero-order valence-electron chi connectivity index (χ0n) is 86.6. The summed E-state index contributed by atoms with van der Waals surface area (Å²) in [5, 5.41) is 10.3. The van der Waals surface area contributed by atoms with Gasteiger partial charge in [0.1, 0.15) is 0 Å². The number of nitrogens with zero attached hydrogens (tertiary/aromatic N) is 4. The van der Waals surface area contributed by atoms with Crippen molar-refractivity contribution >= 4 is 88.2 Å². The molecule has 0 saturated heterocycles. The lowest BCUT2D eigenvalue weighted by atomic mass is 9.80. The van der Waals surface area contributed by atoms with E-state index in [2.05, 4.69) is 563 Å². The molecule has 22 aromatic carbocycles. The quantitative estimate of drug-likeness (QED) is 0.102. The predicted molar refractivity (Wildman–Crippen MR) is 635 cm³/mol. The van der Waals surface area contributed by atoms with E-state index in [1.165, 1.54) is 216 Å². The maximum absolute atomic E-state index is 4.67. The van der Waals surface area contributed by atoms with Crippen molar-refractivity contribution in [2.24, 2.45) is 0 Å². The number of anilines is 6. The number of benzene rings is 22. The van der Waals surface area contributed by atoms with Crippen molar-refractivity contribution in [3.8, 4) is 134 Å². The molecule has 4 aliphatic carbocycles. The Morgan fingerprint density at radius 1 is 0.173 bits per heavy atom. The van der Waals surface area contributed by atoms with Crippen molar-refractivity contribution in [3.63, 3.8) is 0 Å². The molecule has 150 heavy (non-hydrogen) atoms. The number of fused-ring (bicyclic) bond motifs is 15. The Balaban J connectivity index is 0.000000124. The highest BCUT2D eigenvalue weighted by atomic mass is 15.1. The average molecular weight is 1920 g/mol. The van der Waals surface area contributed by atoms with Gasteiger partial charge in [0.05, 0.1) is 11.0 Å². The Kier molecular flexibility index (Phi) is 22.2. The van der Waals surface area contributed by atoms with E-state index in [1.54, 1.807) is 0 Å². The molecular formula is C146H114N4. The molecule has 0 radical (unpaired) electrons. The third-order valence-electron chi connectivity index (χ3n) is 33.0. The Hall–Kier alpha value is -17.7. The largest absolute Gasteiger partial charge is 0.310 e. The summed E-state index contributed by atoms with van der Waals surface area (Å²) in [6, 6.07) is 177. The zero-order chi connectivity index (χ0) is 102. The van der Waals surface area contributed by atoms with E-state index in [1.807, 2.05) is 24.5 Å². The summed E-state index contributed by atoms with van der Waals surface area (Å²) < 4.78 is 0. The van der Waals surface area contributed by atoms with Crippen LogP contribution in [-0.2, 0) is 27.1 Å². The second-order valence-corrected chi connectivity index (χ2v) is 44.3. The number of para-hydroxylation sites is 2. The Bertz CT molecular complexity index is 9080. The van der Waals surface area contributed by atoms with Crippen LogP contribution in [0.3, 0.4) is 0 Å². The minimum absolute atomic E-state index is 0.0124. The van der Waals surface area contributed by atoms with E-state index in [-0.39, 0.29) is 27.1 Å². The smallest absolute Gasteiger partial charge is 0.0970 e. The van der Waals surface area contributed by atoms with Crippen molar-refractivity contribution in [1.29, 1.82) is 0 Å². The first-order valence-electron chi connectivity index (χ1n) is 52.8. The number of pyridine rings is 2. The zero-order valence-corrected chi connectivity index (χ0v) is 86.6. The molecule has 0 unspecified atom stereocenters. The Labute approximate surface area is 880 Å². The lowest BCUT2D eigenvalue weighted by Gasteiger charge is -2.28. The monoisotopic (exact) mass is 1920 g/mol. The lowest BCUT2D eigenvalue weighted by Crippen LogP contribution is -2.16. The molecule has 0 amide bonds. The number of rotatable bonds is 14. The van der Waals surface area contributed by atoms with Crippen LogP contribution in [0.25, 0.3) is 188 Å². The first kappa shape index (κ1) is 92.2. The molecule has 0 spiro atoms. The molecule has 0 aliphatic heterocycles. The number of hydrogen-bond acceptors (Lipinski definition) is 4. The van der Waals surface area contributed by atoms with Gasteiger partial charge in [0.2, 0.25) is 0 Å². The average Bonchev–Trinajstić information content (AvgIpc) is 1.31. The molecule has 718 valence electrons. The van der Waals surface area contributed by atoms with Gasteiger partial charge in [-0.3, -0.25) is 9.97 Å². The van der Waals surface area contributed by atoms with Crippen molar-refractivity contribution in [3.05, 3.63) is 542 Å². The molecular weight excluding hydrogens is 1810 g/mol.